The van der Waals surface area contributed by atoms with Gasteiger partial charge in [0.15, 0.2) is 4.80 Å². The van der Waals surface area contributed by atoms with Crippen molar-refractivity contribution >= 4 is 46.6 Å². The van der Waals surface area contributed by atoms with E-state index in [1.807, 2.05) is 55.5 Å². The summed E-state index contributed by atoms with van der Waals surface area (Å²) in [5.74, 6) is 0.540. The van der Waals surface area contributed by atoms with Gasteiger partial charge in [-0.2, -0.15) is 0 Å². The molecule has 2 heterocycles. The second-order valence-electron chi connectivity index (χ2n) is 10.8. The molecule has 3 aromatic carbocycles. The average Bonchev–Trinajstić information content (AvgIpc) is 3.30. The van der Waals surface area contributed by atoms with Gasteiger partial charge in [0.1, 0.15) is 12.4 Å². The van der Waals surface area contributed by atoms with Crippen LogP contribution in [0.2, 0.25) is 10.0 Å². The summed E-state index contributed by atoms with van der Waals surface area (Å²) in [6, 6.07) is 20.3. The molecule has 0 aliphatic carbocycles. The lowest BCUT2D eigenvalue weighted by atomic mass is 9.92. The molecule has 5 rings (SSSR count). The Kier molecular flexibility index (Phi) is 10.1. The fourth-order valence-corrected chi connectivity index (χ4v) is 6.63. The van der Waals surface area contributed by atoms with E-state index in [1.165, 1.54) is 16.9 Å². The number of hydrogen-bond acceptors (Lipinski definition) is 6. The van der Waals surface area contributed by atoms with Crippen molar-refractivity contribution in [1.82, 2.24) is 4.57 Å². The van der Waals surface area contributed by atoms with E-state index in [1.54, 1.807) is 23.6 Å². The van der Waals surface area contributed by atoms with Gasteiger partial charge in [0.05, 0.1) is 28.5 Å². The van der Waals surface area contributed by atoms with Crippen LogP contribution >= 0.6 is 34.5 Å². The summed E-state index contributed by atoms with van der Waals surface area (Å²) in [4.78, 5) is 32.9. The third-order valence-corrected chi connectivity index (χ3v) is 8.95. The van der Waals surface area contributed by atoms with E-state index in [9.17, 15) is 9.59 Å². The third-order valence-electron chi connectivity index (χ3n) is 7.38. The maximum atomic E-state index is 14.1. The molecule has 0 fully saturated rings. The molecule has 4 aromatic rings. The molecule has 0 bridgehead atoms. The van der Waals surface area contributed by atoms with Crippen LogP contribution in [0, 0.1) is 0 Å². The van der Waals surface area contributed by atoms with Gasteiger partial charge in [0, 0.05) is 15.6 Å². The number of carbonyl (C=O) groups excluding carboxylic acids is 1. The number of thiazole rings is 1. The lowest BCUT2D eigenvalue weighted by Crippen LogP contribution is -2.40. The first kappa shape index (κ1) is 31.8. The summed E-state index contributed by atoms with van der Waals surface area (Å²) in [5, 5.41) is 1.10. The summed E-state index contributed by atoms with van der Waals surface area (Å²) in [6.45, 7) is 8.59. The molecule has 1 aliphatic rings. The monoisotopic (exact) mass is 648 g/mol. The standard InChI is InChI=1S/C35H34Cl2N2O4S/c1-5-8-29-31(34(41)42-6-2)32(24-13-11-23(12-14-24)21(3)4)39-33(40)30(44-35(39)38-29)18-22-9-7-10-27(17-22)43-20-25-15-16-26(36)19-28(25)37/h7,9-19,21,32H,5-6,8,20H2,1-4H3/b30-18-/t32-/m0/s1. The lowest BCUT2D eigenvalue weighted by Gasteiger charge is -2.26. The Labute approximate surface area is 270 Å². The number of benzene rings is 3. The van der Waals surface area contributed by atoms with Gasteiger partial charge < -0.3 is 9.47 Å². The van der Waals surface area contributed by atoms with E-state index in [-0.39, 0.29) is 18.8 Å². The first-order chi connectivity index (χ1) is 21.2. The van der Waals surface area contributed by atoms with Crippen molar-refractivity contribution in [3.63, 3.8) is 0 Å². The average molecular weight is 650 g/mol. The van der Waals surface area contributed by atoms with Gasteiger partial charge in [0.25, 0.3) is 5.56 Å². The lowest BCUT2D eigenvalue weighted by molar-refractivity contribution is -0.139. The molecule has 0 spiro atoms. The molecular formula is C35H34Cl2N2O4S. The number of halogens is 2. The van der Waals surface area contributed by atoms with E-state index in [4.69, 9.17) is 37.7 Å². The van der Waals surface area contributed by atoms with Gasteiger partial charge in [0.2, 0.25) is 0 Å². The van der Waals surface area contributed by atoms with Crippen LogP contribution in [0.1, 0.15) is 74.8 Å². The Morgan fingerprint density at radius 3 is 2.52 bits per heavy atom. The van der Waals surface area contributed by atoms with Crippen molar-refractivity contribution in [3.8, 4) is 5.75 Å². The first-order valence-corrected chi connectivity index (χ1v) is 16.3. The van der Waals surface area contributed by atoms with E-state index in [0.29, 0.717) is 48.7 Å². The highest BCUT2D eigenvalue weighted by Crippen LogP contribution is 2.33. The molecule has 44 heavy (non-hydrogen) atoms. The fourth-order valence-electron chi connectivity index (χ4n) is 5.14. The quantitative estimate of drug-likeness (QED) is 0.166. The van der Waals surface area contributed by atoms with Crippen molar-refractivity contribution in [1.29, 1.82) is 0 Å². The Morgan fingerprint density at radius 2 is 1.84 bits per heavy atom. The smallest absolute Gasteiger partial charge is 0.338 e. The maximum absolute atomic E-state index is 14.1. The molecule has 1 aromatic heterocycles. The van der Waals surface area contributed by atoms with Crippen LogP contribution in [0.4, 0.5) is 0 Å². The van der Waals surface area contributed by atoms with Crippen molar-refractivity contribution in [2.45, 2.75) is 59.1 Å². The van der Waals surface area contributed by atoms with E-state index in [2.05, 4.69) is 26.0 Å². The van der Waals surface area contributed by atoms with Crippen LogP contribution in [0.5, 0.6) is 5.75 Å². The Hall–Kier alpha value is -3.65. The minimum Gasteiger partial charge on any atom is -0.489 e. The molecule has 0 unspecified atom stereocenters. The number of rotatable bonds is 10. The summed E-state index contributed by atoms with van der Waals surface area (Å²) in [6.07, 6.45) is 3.22. The van der Waals surface area contributed by atoms with Crippen LogP contribution in [0.25, 0.3) is 6.08 Å². The van der Waals surface area contributed by atoms with Gasteiger partial charge in [-0.15, -0.1) is 0 Å². The van der Waals surface area contributed by atoms with Crippen molar-refractivity contribution in [3.05, 3.63) is 130 Å². The van der Waals surface area contributed by atoms with Gasteiger partial charge >= 0.3 is 5.97 Å². The number of esters is 1. The Balaban J connectivity index is 1.57. The molecular weight excluding hydrogens is 615 g/mol. The van der Waals surface area contributed by atoms with Crippen molar-refractivity contribution < 1.29 is 14.3 Å². The zero-order valence-electron chi connectivity index (χ0n) is 25.1. The topological polar surface area (TPSA) is 69.9 Å². The van der Waals surface area contributed by atoms with Crippen molar-refractivity contribution in [2.24, 2.45) is 4.99 Å². The molecule has 0 saturated carbocycles. The maximum Gasteiger partial charge on any atom is 0.338 e. The van der Waals surface area contributed by atoms with E-state index >= 15 is 0 Å². The third kappa shape index (κ3) is 6.85. The minimum absolute atomic E-state index is 0.219. The number of nitrogens with zero attached hydrogens (tertiary/aromatic N) is 2. The predicted molar refractivity (Wildman–Crippen MR) is 177 cm³/mol. The van der Waals surface area contributed by atoms with Gasteiger partial charge in [-0.05, 0) is 66.3 Å². The fraction of sp³-hybridized carbons (Fsp3) is 0.286. The van der Waals surface area contributed by atoms with Crippen LogP contribution < -0.4 is 19.6 Å². The summed E-state index contributed by atoms with van der Waals surface area (Å²) in [7, 11) is 0. The molecule has 0 amide bonds. The highest BCUT2D eigenvalue weighted by atomic mass is 35.5. The highest BCUT2D eigenvalue weighted by molar-refractivity contribution is 7.07. The van der Waals surface area contributed by atoms with E-state index in [0.717, 1.165) is 23.1 Å². The summed E-state index contributed by atoms with van der Waals surface area (Å²) >= 11 is 13.6. The molecule has 0 N–H and O–H groups in total. The highest BCUT2D eigenvalue weighted by Gasteiger charge is 2.34. The SMILES string of the molecule is CCCC1=C(C(=O)OCC)[C@H](c2ccc(C(C)C)cc2)n2c(s/c(=C\c3cccc(OCc4ccc(Cl)cc4Cl)c3)c2=O)=N1. The minimum atomic E-state index is -0.644. The largest absolute Gasteiger partial charge is 0.489 e. The predicted octanol–water partition coefficient (Wildman–Crippen LogP) is 7.59. The number of carbonyl (C=O) groups is 1. The number of allylic oxidation sites excluding steroid dienone is 1. The van der Waals surface area contributed by atoms with Crippen LogP contribution in [0.15, 0.2) is 87.8 Å². The van der Waals surface area contributed by atoms with Crippen LogP contribution in [0.3, 0.4) is 0 Å². The summed E-state index contributed by atoms with van der Waals surface area (Å²) < 4.78 is 13.6. The number of fused-ring (bicyclic) bond motifs is 1. The molecule has 0 saturated heterocycles. The molecule has 1 aliphatic heterocycles. The molecule has 0 radical (unpaired) electrons. The molecule has 228 valence electrons. The molecule has 1 atom stereocenters. The van der Waals surface area contributed by atoms with Crippen LogP contribution in [-0.4, -0.2) is 17.1 Å². The van der Waals surface area contributed by atoms with Crippen molar-refractivity contribution in [2.75, 3.05) is 6.61 Å². The van der Waals surface area contributed by atoms with Gasteiger partial charge in [-0.1, -0.05) is 104 Å². The number of hydrogen-bond donors (Lipinski definition) is 0. The molecule has 9 heteroatoms. The molecule has 6 nitrogen and oxygen atoms in total. The van der Waals surface area contributed by atoms with Crippen LogP contribution in [-0.2, 0) is 16.1 Å². The number of aromatic nitrogens is 1. The Morgan fingerprint density at radius 1 is 1.07 bits per heavy atom. The van der Waals surface area contributed by atoms with Gasteiger partial charge in [-0.3, -0.25) is 9.36 Å². The van der Waals surface area contributed by atoms with E-state index < -0.39 is 12.0 Å². The number of ether oxygens (including phenoxy) is 2. The zero-order chi connectivity index (χ0) is 31.4. The second-order valence-corrected chi connectivity index (χ2v) is 12.7. The first-order valence-electron chi connectivity index (χ1n) is 14.7. The second kappa shape index (κ2) is 14.0. The normalized spacial score (nSPS) is 14.9. The zero-order valence-corrected chi connectivity index (χ0v) is 27.4. The van der Waals surface area contributed by atoms with Gasteiger partial charge in [-0.25, -0.2) is 9.79 Å². The summed E-state index contributed by atoms with van der Waals surface area (Å²) in [5.41, 5.74) is 4.49. The Bertz CT molecular complexity index is 1890.